The third kappa shape index (κ3) is 6.86. The lowest BCUT2D eigenvalue weighted by atomic mass is 10.2. The van der Waals surface area contributed by atoms with Crippen LogP contribution in [0.25, 0.3) is 0 Å². The number of nitrogens with one attached hydrogen (secondary N) is 3. The fraction of sp³-hybridized carbons (Fsp3) is 0.0476. The van der Waals surface area contributed by atoms with Gasteiger partial charge < -0.3 is 14.5 Å². The monoisotopic (exact) mass is 429 g/mol. The number of hydrogen-bond acceptors (Lipinski definition) is 4. The summed E-state index contributed by atoms with van der Waals surface area (Å²) in [5.74, 6) is 4.68. The number of anilines is 1. The zero-order valence-corrected chi connectivity index (χ0v) is 15.6. The number of benzene rings is 2. The van der Waals surface area contributed by atoms with E-state index in [1.54, 1.807) is 0 Å². The van der Waals surface area contributed by atoms with Crippen LogP contribution in [0.2, 0.25) is 0 Å². The van der Waals surface area contributed by atoms with Gasteiger partial charge in [-0.25, -0.2) is 10.2 Å². The molecule has 3 amide bonds. The van der Waals surface area contributed by atoms with Gasteiger partial charge in [0.05, 0.1) is 0 Å². The van der Waals surface area contributed by atoms with Crippen molar-refractivity contribution in [2.45, 2.75) is 6.36 Å². The van der Waals surface area contributed by atoms with Gasteiger partial charge in [0, 0.05) is 11.3 Å². The molecule has 0 bridgehead atoms. The number of rotatable bonds is 3. The van der Waals surface area contributed by atoms with Gasteiger partial charge >= 0.3 is 18.3 Å². The molecule has 3 rings (SSSR count). The van der Waals surface area contributed by atoms with Crippen LogP contribution in [-0.4, -0.2) is 18.3 Å². The number of ether oxygens (including phenoxy) is 1. The molecule has 0 atom stereocenters. The first-order valence-corrected chi connectivity index (χ1v) is 8.68. The highest BCUT2D eigenvalue weighted by Gasteiger charge is 2.30. The second-order valence-electron chi connectivity index (χ2n) is 5.89. The van der Waals surface area contributed by atoms with E-state index in [9.17, 15) is 22.8 Å². The lowest BCUT2D eigenvalue weighted by molar-refractivity contribution is -0.274. The molecule has 0 aliphatic carbocycles. The van der Waals surface area contributed by atoms with Gasteiger partial charge in [-0.3, -0.25) is 10.2 Å². The number of hydrazine groups is 1. The van der Waals surface area contributed by atoms with E-state index in [0.29, 0.717) is 0 Å². The van der Waals surface area contributed by atoms with Gasteiger partial charge in [0.15, 0.2) is 11.5 Å². The van der Waals surface area contributed by atoms with E-state index < -0.39 is 24.1 Å². The van der Waals surface area contributed by atoms with E-state index in [0.717, 1.165) is 17.7 Å². The molecule has 31 heavy (non-hydrogen) atoms. The molecule has 0 unspecified atom stereocenters. The molecule has 3 N–H and O–H groups in total. The summed E-state index contributed by atoms with van der Waals surface area (Å²) in [4.78, 5) is 23.9. The van der Waals surface area contributed by atoms with Crippen molar-refractivity contribution in [1.29, 1.82) is 0 Å². The van der Waals surface area contributed by atoms with Crippen molar-refractivity contribution in [3.63, 3.8) is 0 Å². The summed E-state index contributed by atoms with van der Waals surface area (Å²) in [5, 5.41) is 2.33. The van der Waals surface area contributed by atoms with Crippen LogP contribution in [0.3, 0.4) is 0 Å². The van der Waals surface area contributed by atoms with Crippen molar-refractivity contribution in [3.8, 4) is 17.6 Å². The number of halogens is 3. The number of furan rings is 1. The van der Waals surface area contributed by atoms with Crippen molar-refractivity contribution in [3.05, 3.63) is 83.8 Å². The molecule has 1 aromatic heterocycles. The second-order valence-corrected chi connectivity index (χ2v) is 5.89. The van der Waals surface area contributed by atoms with Crippen LogP contribution in [0, 0.1) is 11.8 Å². The second kappa shape index (κ2) is 9.41. The highest BCUT2D eigenvalue weighted by atomic mass is 19.4. The SMILES string of the molecule is O=C(NNC(=O)c1ccc(C#Cc2ccccc2)o1)Nc1ccc(OC(F)(F)F)cc1. The number of amides is 3. The van der Waals surface area contributed by atoms with E-state index in [4.69, 9.17) is 4.42 Å². The fourth-order valence-electron chi connectivity index (χ4n) is 2.26. The lowest BCUT2D eigenvalue weighted by Gasteiger charge is -2.10. The normalized spacial score (nSPS) is 10.4. The Bertz CT molecular complexity index is 1110. The highest BCUT2D eigenvalue weighted by molar-refractivity contribution is 5.95. The average molecular weight is 429 g/mol. The zero-order chi connectivity index (χ0) is 22.3. The maximum atomic E-state index is 12.1. The van der Waals surface area contributed by atoms with E-state index in [1.165, 1.54) is 24.3 Å². The quantitative estimate of drug-likeness (QED) is 0.433. The number of alkyl halides is 3. The molecule has 0 aliphatic rings. The van der Waals surface area contributed by atoms with E-state index >= 15 is 0 Å². The van der Waals surface area contributed by atoms with E-state index in [1.807, 2.05) is 30.3 Å². The summed E-state index contributed by atoms with van der Waals surface area (Å²) >= 11 is 0. The fourth-order valence-corrected chi connectivity index (χ4v) is 2.26. The van der Waals surface area contributed by atoms with Gasteiger partial charge in [0.25, 0.3) is 0 Å². The van der Waals surface area contributed by atoms with Crippen molar-refractivity contribution in [2.75, 3.05) is 5.32 Å². The van der Waals surface area contributed by atoms with Gasteiger partial charge in [-0.15, -0.1) is 13.2 Å². The summed E-state index contributed by atoms with van der Waals surface area (Å²) in [6.07, 6.45) is -4.81. The molecule has 0 spiro atoms. The minimum Gasteiger partial charge on any atom is -0.443 e. The summed E-state index contributed by atoms with van der Waals surface area (Å²) in [6.45, 7) is 0. The van der Waals surface area contributed by atoms with Crippen LogP contribution in [0.5, 0.6) is 5.75 Å². The first-order valence-electron chi connectivity index (χ1n) is 8.68. The van der Waals surface area contributed by atoms with Gasteiger partial charge in [-0.1, -0.05) is 24.1 Å². The van der Waals surface area contributed by atoms with Crippen LogP contribution in [0.4, 0.5) is 23.7 Å². The average Bonchev–Trinajstić information content (AvgIpc) is 3.21. The Morgan fingerprint density at radius 3 is 2.26 bits per heavy atom. The largest absolute Gasteiger partial charge is 0.573 e. The third-order valence-corrected chi connectivity index (χ3v) is 3.57. The number of carbonyl (C=O) groups is 2. The van der Waals surface area contributed by atoms with Crippen LogP contribution < -0.4 is 20.9 Å². The molecule has 2 aromatic carbocycles. The van der Waals surface area contributed by atoms with Crippen molar-refractivity contribution >= 4 is 17.6 Å². The van der Waals surface area contributed by atoms with Gasteiger partial charge in [-0.2, -0.15) is 0 Å². The molecule has 158 valence electrons. The van der Waals surface area contributed by atoms with Crippen LogP contribution in [0.1, 0.15) is 21.9 Å². The molecular formula is C21H14F3N3O4. The predicted molar refractivity (Wildman–Crippen MR) is 104 cm³/mol. The Labute approximate surface area is 174 Å². The molecule has 0 saturated carbocycles. The Kier molecular flexibility index (Phi) is 6.47. The van der Waals surface area contributed by atoms with Crippen LogP contribution >= 0.6 is 0 Å². The zero-order valence-electron chi connectivity index (χ0n) is 15.6. The van der Waals surface area contributed by atoms with Crippen molar-refractivity contribution in [1.82, 2.24) is 10.9 Å². The van der Waals surface area contributed by atoms with Crippen molar-refractivity contribution in [2.24, 2.45) is 0 Å². The Balaban J connectivity index is 1.49. The molecule has 0 fully saturated rings. The first kappa shape index (κ1) is 21.3. The highest BCUT2D eigenvalue weighted by Crippen LogP contribution is 2.23. The van der Waals surface area contributed by atoms with Gasteiger partial charge in [-0.05, 0) is 54.5 Å². The van der Waals surface area contributed by atoms with Gasteiger partial charge in [0.2, 0.25) is 0 Å². The van der Waals surface area contributed by atoms with Crippen LogP contribution in [0.15, 0.2) is 71.1 Å². The molecule has 1 heterocycles. The topological polar surface area (TPSA) is 92.6 Å². The maximum absolute atomic E-state index is 12.1. The molecule has 0 saturated heterocycles. The lowest BCUT2D eigenvalue weighted by Crippen LogP contribution is -2.43. The Hall–Kier alpha value is -4.39. The number of hydrogen-bond donors (Lipinski definition) is 3. The molecule has 7 nitrogen and oxygen atoms in total. The van der Waals surface area contributed by atoms with Crippen LogP contribution in [-0.2, 0) is 0 Å². The molecule has 0 aliphatic heterocycles. The molecular weight excluding hydrogens is 415 g/mol. The summed E-state index contributed by atoms with van der Waals surface area (Å²) in [5.41, 5.74) is 5.18. The Morgan fingerprint density at radius 1 is 0.871 bits per heavy atom. The minimum atomic E-state index is -4.81. The summed E-state index contributed by atoms with van der Waals surface area (Å²) in [7, 11) is 0. The predicted octanol–water partition coefficient (Wildman–Crippen LogP) is 4.04. The summed E-state index contributed by atoms with van der Waals surface area (Å²) in [6, 6.07) is 15.7. The number of carbonyl (C=O) groups excluding carboxylic acids is 2. The van der Waals surface area contributed by atoms with E-state index in [2.05, 4.69) is 32.7 Å². The minimum absolute atomic E-state index is 0.0775. The first-order chi connectivity index (χ1) is 14.8. The maximum Gasteiger partial charge on any atom is 0.573 e. The van der Waals surface area contributed by atoms with E-state index in [-0.39, 0.29) is 17.2 Å². The summed E-state index contributed by atoms with van der Waals surface area (Å²) < 4.78 is 45.4. The molecule has 0 radical (unpaired) electrons. The molecule has 10 heteroatoms. The third-order valence-electron chi connectivity index (χ3n) is 3.57. The Morgan fingerprint density at radius 2 is 1.58 bits per heavy atom. The van der Waals surface area contributed by atoms with Crippen molar-refractivity contribution < 1.29 is 31.9 Å². The van der Waals surface area contributed by atoms with Gasteiger partial charge in [0.1, 0.15) is 5.75 Å². The smallest absolute Gasteiger partial charge is 0.443 e. The molecule has 3 aromatic rings. The standard InChI is InChI=1S/C21H14F3N3O4/c22-21(23,24)31-17-10-7-15(8-11-17)25-20(29)27-26-19(28)18-13-12-16(30-18)9-6-14-4-2-1-3-5-14/h1-5,7-8,10-13H,(H,26,28)(H2,25,27,29). The number of urea groups is 1.